The molecule has 0 spiro atoms. The molecule has 8 bridgehead atoms. The van der Waals surface area contributed by atoms with E-state index < -0.39 is 11.8 Å². The molecule has 4 aliphatic heterocycles. The lowest BCUT2D eigenvalue weighted by Gasteiger charge is -2.16. The van der Waals surface area contributed by atoms with Crippen LogP contribution in [0.2, 0.25) is 0 Å². The van der Waals surface area contributed by atoms with Crippen molar-refractivity contribution < 1.29 is 39.7 Å². The van der Waals surface area contributed by atoms with Gasteiger partial charge in [0, 0.05) is 25.9 Å². The number of nitrogens with one attached hydrogen (secondary N) is 2. The van der Waals surface area contributed by atoms with Gasteiger partial charge in [-0.2, -0.15) is 0 Å². The van der Waals surface area contributed by atoms with E-state index in [9.17, 15) is 30.2 Å². The number of benzene rings is 4. The third-order valence-electron chi connectivity index (χ3n) is 7.56. The maximum Gasteiger partial charge on any atom is 0.269 e. The van der Waals surface area contributed by atoms with Crippen molar-refractivity contribution in [3.63, 3.8) is 0 Å². The van der Waals surface area contributed by atoms with E-state index in [2.05, 4.69) is 101 Å². The highest BCUT2D eigenvalue weighted by molar-refractivity contribution is 9.11. The molecule has 0 aromatic heterocycles. The summed E-state index contributed by atoms with van der Waals surface area (Å²) in [6.07, 6.45) is 0.672. The first-order valence-electron chi connectivity index (χ1n) is 15.0. The molecule has 17 heteroatoms. The number of amides is 2. The third kappa shape index (κ3) is 9.62. The van der Waals surface area contributed by atoms with Crippen LogP contribution in [0, 0.1) is 0 Å². The lowest BCUT2D eigenvalue weighted by atomic mass is 10.1. The zero-order chi connectivity index (χ0) is 36.8. The molecule has 6 N–H and O–H groups in total. The van der Waals surface area contributed by atoms with Gasteiger partial charge in [-0.25, -0.2) is 0 Å². The van der Waals surface area contributed by atoms with E-state index in [1.165, 1.54) is 12.1 Å². The fourth-order valence-corrected chi connectivity index (χ4v) is 8.42. The average Bonchev–Trinajstić information content (AvgIpc) is 3.08. The largest absolute Gasteiger partial charge is 0.504 e. The van der Waals surface area contributed by atoms with E-state index in [0.29, 0.717) is 47.6 Å². The Labute approximate surface area is 333 Å². The van der Waals surface area contributed by atoms with E-state index in [4.69, 9.17) is 9.47 Å². The summed E-state index contributed by atoms with van der Waals surface area (Å²) in [7, 11) is 0. The van der Waals surface area contributed by atoms with Gasteiger partial charge >= 0.3 is 0 Å². The minimum atomic E-state index is -0.591. The van der Waals surface area contributed by atoms with Crippen LogP contribution in [0.3, 0.4) is 0 Å². The molecule has 0 saturated heterocycles. The third-order valence-corrected chi connectivity index (χ3v) is 10.5. The van der Waals surface area contributed by atoms with Gasteiger partial charge in [0.05, 0.1) is 22.4 Å². The second-order valence-electron chi connectivity index (χ2n) is 11.2. The number of nitrogens with zero attached hydrogens (tertiary/aromatic N) is 2. The van der Waals surface area contributed by atoms with Crippen LogP contribution in [-0.2, 0) is 35.3 Å². The predicted octanol–water partition coefficient (Wildman–Crippen LogP) is 8.27. The molecule has 266 valence electrons. The number of hydrogen-bond donors (Lipinski definition) is 6. The second-order valence-corrected chi connectivity index (χ2v) is 15.4. The topological polar surface area (TPSA) is 182 Å². The summed E-state index contributed by atoms with van der Waals surface area (Å²) >= 11 is 17.3. The smallest absolute Gasteiger partial charge is 0.269 e. The molecule has 0 saturated carbocycles. The molecular weight excluding hydrogens is 992 g/mol. The van der Waals surface area contributed by atoms with Gasteiger partial charge in [0.1, 0.15) is 11.4 Å². The summed E-state index contributed by atoms with van der Waals surface area (Å²) in [5.41, 5.74) is 2.38. The minimum absolute atomic E-state index is 0.0306. The van der Waals surface area contributed by atoms with Gasteiger partial charge in [-0.1, -0.05) is 16.4 Å². The second kappa shape index (κ2) is 17.3. The first-order chi connectivity index (χ1) is 24.4. The fourth-order valence-electron chi connectivity index (χ4n) is 5.04. The SMILES string of the molecule is O=C1NCCc2ccc(O)c(c2)Oc2c(Br)cc(cc2Br)CCNC(=O)/C(=N/O)Cc2cc(Br)c(O)c(c2)Oc2c(Br)cc(cc2Br)C/C1=N\O. The van der Waals surface area contributed by atoms with Crippen molar-refractivity contribution in [1.82, 2.24) is 10.6 Å². The van der Waals surface area contributed by atoms with E-state index >= 15 is 0 Å². The first kappa shape index (κ1) is 38.6. The van der Waals surface area contributed by atoms with Crippen LogP contribution in [0.25, 0.3) is 0 Å². The normalized spacial score (nSPS) is 16.2. The van der Waals surface area contributed by atoms with Crippen LogP contribution in [-0.4, -0.2) is 57.0 Å². The molecule has 51 heavy (non-hydrogen) atoms. The van der Waals surface area contributed by atoms with Gasteiger partial charge < -0.3 is 40.7 Å². The molecule has 0 atom stereocenters. The van der Waals surface area contributed by atoms with Crippen LogP contribution in [0.1, 0.15) is 22.3 Å². The lowest BCUT2D eigenvalue weighted by molar-refractivity contribution is -0.115. The number of phenolic OH excluding ortho intramolecular Hbond substituents is 2. The maximum atomic E-state index is 13.0. The van der Waals surface area contributed by atoms with Gasteiger partial charge in [-0.3, -0.25) is 9.59 Å². The zero-order valence-electron chi connectivity index (χ0n) is 26.1. The molecule has 0 fully saturated rings. The number of ether oxygens (including phenoxy) is 2. The molecule has 0 aliphatic carbocycles. The molecular formula is C34H27Br5N4O8. The summed E-state index contributed by atoms with van der Waals surface area (Å²) in [6.45, 7) is 0.415. The zero-order valence-corrected chi connectivity index (χ0v) is 34.1. The Bertz CT molecular complexity index is 2030. The van der Waals surface area contributed by atoms with Gasteiger partial charge in [0.2, 0.25) is 0 Å². The van der Waals surface area contributed by atoms with Crippen molar-refractivity contribution in [2.24, 2.45) is 10.3 Å². The fraction of sp³-hybridized carbons (Fsp3) is 0.176. The Morgan fingerprint density at radius 2 is 1.00 bits per heavy atom. The van der Waals surface area contributed by atoms with Crippen molar-refractivity contribution in [2.45, 2.75) is 25.7 Å². The van der Waals surface area contributed by atoms with E-state index in [1.807, 2.05) is 12.1 Å². The maximum absolute atomic E-state index is 13.0. The summed E-state index contributed by atoms with van der Waals surface area (Å²) in [6, 6.07) is 14.9. The minimum Gasteiger partial charge on any atom is -0.504 e. The van der Waals surface area contributed by atoms with Crippen molar-refractivity contribution in [3.05, 3.63) is 99.2 Å². The quantitative estimate of drug-likeness (QED) is 0.0752. The van der Waals surface area contributed by atoms with Crippen molar-refractivity contribution in [3.8, 4) is 34.5 Å². The van der Waals surface area contributed by atoms with E-state index in [0.717, 1.165) is 11.1 Å². The number of phenols is 2. The summed E-state index contributed by atoms with van der Waals surface area (Å²) in [5, 5.41) is 52.7. The van der Waals surface area contributed by atoms with Gasteiger partial charge in [-0.15, -0.1) is 0 Å². The molecule has 8 rings (SSSR count). The highest BCUT2D eigenvalue weighted by atomic mass is 79.9. The standard InChI is InChI=1S/C34H27Br5N4O8/c35-20-9-19-13-26(43-49)34(47)41-6-4-17-7-21(36)31(22(37)8-17)50-28-14-16(1-2-27(28)44)3-5-40-33(46)25(42-48)12-18-10-23(38)32(24(39)11-18)51-29(15-19)30(20)45/h1-2,7-11,14-15,44-45,48-49H,3-6,12-13H2,(H,40,46)(H,41,47)/b42-25+,43-26+. The Hall–Kier alpha value is -3.64. The van der Waals surface area contributed by atoms with Gasteiger partial charge in [0.25, 0.3) is 11.8 Å². The van der Waals surface area contributed by atoms with E-state index in [1.54, 1.807) is 30.3 Å². The molecule has 4 aromatic carbocycles. The number of aromatic hydroxyl groups is 2. The van der Waals surface area contributed by atoms with Crippen LogP contribution < -0.4 is 20.1 Å². The Balaban J connectivity index is 1.48. The monoisotopic (exact) mass is 1010 g/mol. The van der Waals surface area contributed by atoms with Crippen LogP contribution in [0.15, 0.2) is 87.3 Å². The summed E-state index contributed by atoms with van der Waals surface area (Å²) < 4.78 is 14.5. The van der Waals surface area contributed by atoms with Crippen LogP contribution in [0.4, 0.5) is 0 Å². The molecule has 0 radical (unpaired) electrons. The molecule has 2 amide bonds. The number of carbonyl (C=O) groups is 2. The number of rotatable bonds is 0. The van der Waals surface area contributed by atoms with Crippen molar-refractivity contribution in [1.29, 1.82) is 0 Å². The highest BCUT2D eigenvalue weighted by Crippen LogP contribution is 2.44. The number of oxime groups is 2. The van der Waals surface area contributed by atoms with Crippen LogP contribution in [0.5, 0.6) is 34.5 Å². The number of carbonyl (C=O) groups excluding carboxylic acids is 2. The van der Waals surface area contributed by atoms with Crippen molar-refractivity contribution >= 4 is 103 Å². The lowest BCUT2D eigenvalue weighted by Crippen LogP contribution is -2.33. The van der Waals surface area contributed by atoms with Crippen LogP contribution >= 0.6 is 79.6 Å². The molecule has 4 heterocycles. The number of halogens is 5. The predicted molar refractivity (Wildman–Crippen MR) is 207 cm³/mol. The molecule has 12 nitrogen and oxygen atoms in total. The average molecular weight is 1020 g/mol. The number of hydrogen-bond acceptors (Lipinski definition) is 10. The molecule has 4 aliphatic rings. The van der Waals surface area contributed by atoms with E-state index in [-0.39, 0.29) is 70.6 Å². The van der Waals surface area contributed by atoms with Gasteiger partial charge in [-0.05, 0) is 163 Å². The Kier molecular flexibility index (Phi) is 13.1. The Morgan fingerprint density at radius 1 is 0.569 bits per heavy atom. The summed E-state index contributed by atoms with van der Waals surface area (Å²) in [4.78, 5) is 26.0. The molecule has 0 unspecified atom stereocenters. The van der Waals surface area contributed by atoms with Gasteiger partial charge in [0.15, 0.2) is 34.5 Å². The molecule has 4 aromatic rings. The Morgan fingerprint density at radius 3 is 1.53 bits per heavy atom. The van der Waals surface area contributed by atoms with Crippen molar-refractivity contribution in [2.75, 3.05) is 13.1 Å². The first-order valence-corrected chi connectivity index (χ1v) is 19.0. The highest BCUT2D eigenvalue weighted by Gasteiger charge is 2.21. The summed E-state index contributed by atoms with van der Waals surface area (Å²) in [5.74, 6) is -0.538.